The summed E-state index contributed by atoms with van der Waals surface area (Å²) in [5.41, 5.74) is 3.00. The SMILES string of the molecule is CCCCCCCCCCCCCCCC[N+](CC)(CC)c1ccccc1C. The normalized spacial score (nSPS) is 11.9. The van der Waals surface area contributed by atoms with Crippen LogP contribution < -0.4 is 4.48 Å². The van der Waals surface area contributed by atoms with E-state index in [1.54, 1.807) is 5.69 Å². The number of unbranched alkanes of at least 4 members (excludes halogenated alkanes) is 13. The van der Waals surface area contributed by atoms with Crippen LogP contribution in [-0.4, -0.2) is 19.6 Å². The average Bonchev–Trinajstić information content (AvgIpc) is 2.72. The Labute approximate surface area is 177 Å². The second-order valence-electron chi connectivity index (χ2n) is 8.88. The molecule has 0 atom stereocenters. The van der Waals surface area contributed by atoms with Crippen molar-refractivity contribution < 1.29 is 0 Å². The standard InChI is InChI=1S/C27H50N/c1-5-8-9-10-11-12-13-14-15-16-17-18-19-22-25-28(6-2,7-3)27-24-21-20-23-26(27)4/h20-21,23-24H,5-19,22,25H2,1-4H3/q+1. The van der Waals surface area contributed by atoms with Crippen LogP contribution in [0, 0.1) is 6.92 Å². The molecule has 162 valence electrons. The molecule has 0 amide bonds. The maximum atomic E-state index is 2.36. The molecule has 0 radical (unpaired) electrons. The zero-order valence-corrected chi connectivity index (χ0v) is 19.8. The monoisotopic (exact) mass is 388 g/mol. The first-order valence-electron chi connectivity index (χ1n) is 12.6. The van der Waals surface area contributed by atoms with E-state index < -0.39 is 0 Å². The molecule has 0 fully saturated rings. The third-order valence-electron chi connectivity index (χ3n) is 6.78. The number of benzene rings is 1. The Bertz CT molecular complexity index is 475. The highest BCUT2D eigenvalue weighted by molar-refractivity contribution is 5.49. The molecule has 1 rings (SSSR count). The third-order valence-corrected chi connectivity index (χ3v) is 6.78. The summed E-state index contributed by atoms with van der Waals surface area (Å²) >= 11 is 0. The Morgan fingerprint density at radius 1 is 0.571 bits per heavy atom. The van der Waals surface area contributed by atoms with E-state index in [0.717, 1.165) is 4.48 Å². The quantitative estimate of drug-likeness (QED) is 0.174. The van der Waals surface area contributed by atoms with Crippen molar-refractivity contribution in [2.75, 3.05) is 19.6 Å². The van der Waals surface area contributed by atoms with E-state index in [0.29, 0.717) is 0 Å². The van der Waals surface area contributed by atoms with Crippen LogP contribution >= 0.6 is 0 Å². The molecule has 0 N–H and O–H groups in total. The van der Waals surface area contributed by atoms with Crippen molar-refractivity contribution in [3.05, 3.63) is 29.8 Å². The summed E-state index contributed by atoms with van der Waals surface area (Å²) in [5.74, 6) is 0. The number of para-hydroxylation sites is 1. The second-order valence-corrected chi connectivity index (χ2v) is 8.88. The van der Waals surface area contributed by atoms with Gasteiger partial charge in [0.1, 0.15) is 5.69 Å². The van der Waals surface area contributed by atoms with Gasteiger partial charge < -0.3 is 0 Å². The van der Waals surface area contributed by atoms with E-state index in [2.05, 4.69) is 52.0 Å². The average molecular weight is 389 g/mol. The lowest BCUT2D eigenvalue weighted by Crippen LogP contribution is -2.50. The molecule has 1 nitrogen and oxygen atoms in total. The summed E-state index contributed by atoms with van der Waals surface area (Å²) in [6.07, 6.45) is 20.1. The van der Waals surface area contributed by atoms with Crippen LogP contribution in [0.15, 0.2) is 24.3 Å². The summed E-state index contributed by atoms with van der Waals surface area (Å²) in [5, 5.41) is 0. The molecule has 0 aliphatic rings. The first kappa shape index (κ1) is 25.2. The summed E-state index contributed by atoms with van der Waals surface area (Å²) in [7, 11) is 0. The lowest BCUT2D eigenvalue weighted by molar-refractivity contribution is 0.290. The van der Waals surface area contributed by atoms with E-state index in [-0.39, 0.29) is 0 Å². The lowest BCUT2D eigenvalue weighted by atomic mass is 10.0. The van der Waals surface area contributed by atoms with E-state index in [1.807, 2.05) is 0 Å². The molecule has 0 unspecified atom stereocenters. The Hall–Kier alpha value is -0.820. The van der Waals surface area contributed by atoms with Crippen LogP contribution in [0.3, 0.4) is 0 Å². The first-order valence-corrected chi connectivity index (χ1v) is 12.6. The summed E-state index contributed by atoms with van der Waals surface area (Å²) in [6.45, 7) is 13.0. The highest BCUT2D eigenvalue weighted by Crippen LogP contribution is 2.28. The predicted octanol–water partition coefficient (Wildman–Crippen LogP) is 8.82. The predicted molar refractivity (Wildman–Crippen MR) is 129 cm³/mol. The molecule has 1 aromatic rings. The van der Waals surface area contributed by atoms with Crippen LogP contribution in [-0.2, 0) is 0 Å². The smallest absolute Gasteiger partial charge is 0.135 e. The molecule has 28 heavy (non-hydrogen) atoms. The van der Waals surface area contributed by atoms with Crippen molar-refractivity contribution in [3.8, 4) is 0 Å². The van der Waals surface area contributed by atoms with Gasteiger partial charge in [0.05, 0.1) is 19.6 Å². The van der Waals surface area contributed by atoms with Gasteiger partial charge in [-0.25, -0.2) is 0 Å². The van der Waals surface area contributed by atoms with Gasteiger partial charge in [0.2, 0.25) is 0 Å². The Kier molecular flexibility index (Phi) is 14.4. The van der Waals surface area contributed by atoms with Crippen LogP contribution in [0.5, 0.6) is 0 Å². The number of quaternary nitrogens is 1. The Balaban J connectivity index is 2.09. The fourth-order valence-electron chi connectivity index (χ4n) is 4.71. The molecule has 0 aliphatic heterocycles. The van der Waals surface area contributed by atoms with E-state index in [4.69, 9.17) is 0 Å². The topological polar surface area (TPSA) is 0 Å². The maximum Gasteiger partial charge on any atom is 0.135 e. The molecule has 0 aromatic heterocycles. The molecule has 0 bridgehead atoms. The maximum absolute atomic E-state index is 2.36. The molecular weight excluding hydrogens is 338 g/mol. The highest BCUT2D eigenvalue weighted by atomic mass is 15.3. The summed E-state index contributed by atoms with van der Waals surface area (Å²) in [4.78, 5) is 0. The molecule has 0 spiro atoms. The minimum atomic E-state index is 1.16. The highest BCUT2D eigenvalue weighted by Gasteiger charge is 2.27. The van der Waals surface area contributed by atoms with Crippen LogP contribution in [0.25, 0.3) is 0 Å². The first-order chi connectivity index (χ1) is 13.7. The summed E-state index contributed by atoms with van der Waals surface area (Å²) < 4.78 is 1.16. The largest absolute Gasteiger partial charge is 0.291 e. The molecule has 0 saturated carbocycles. The fraction of sp³-hybridized carbons (Fsp3) is 0.778. The van der Waals surface area contributed by atoms with Gasteiger partial charge in [0, 0.05) is 5.56 Å². The molecule has 1 aromatic carbocycles. The Morgan fingerprint density at radius 3 is 1.43 bits per heavy atom. The van der Waals surface area contributed by atoms with Gasteiger partial charge in [-0.3, -0.25) is 4.48 Å². The number of hydrogen-bond acceptors (Lipinski definition) is 0. The molecule has 0 saturated heterocycles. The molecule has 0 heterocycles. The number of hydrogen-bond donors (Lipinski definition) is 0. The van der Waals surface area contributed by atoms with Crippen LogP contribution in [0.2, 0.25) is 0 Å². The molecule has 1 heteroatoms. The Morgan fingerprint density at radius 2 is 1.00 bits per heavy atom. The van der Waals surface area contributed by atoms with Gasteiger partial charge in [-0.2, -0.15) is 0 Å². The molecular formula is C27H50N+. The van der Waals surface area contributed by atoms with E-state index in [9.17, 15) is 0 Å². The van der Waals surface area contributed by atoms with Crippen LogP contribution in [0.1, 0.15) is 116 Å². The zero-order chi connectivity index (χ0) is 20.5. The van der Waals surface area contributed by atoms with Crippen molar-refractivity contribution >= 4 is 5.69 Å². The molecule has 0 aliphatic carbocycles. The fourth-order valence-corrected chi connectivity index (χ4v) is 4.71. The van der Waals surface area contributed by atoms with Gasteiger partial charge in [-0.15, -0.1) is 0 Å². The van der Waals surface area contributed by atoms with E-state index in [1.165, 1.54) is 115 Å². The van der Waals surface area contributed by atoms with Crippen molar-refractivity contribution in [2.45, 2.75) is 118 Å². The van der Waals surface area contributed by atoms with Gasteiger partial charge in [0.15, 0.2) is 0 Å². The van der Waals surface area contributed by atoms with Gasteiger partial charge in [0.25, 0.3) is 0 Å². The number of rotatable bonds is 18. The minimum Gasteiger partial charge on any atom is -0.291 e. The zero-order valence-electron chi connectivity index (χ0n) is 19.8. The lowest BCUT2D eigenvalue weighted by Gasteiger charge is -2.37. The van der Waals surface area contributed by atoms with Gasteiger partial charge in [-0.1, -0.05) is 102 Å². The van der Waals surface area contributed by atoms with E-state index >= 15 is 0 Å². The third kappa shape index (κ3) is 9.59. The van der Waals surface area contributed by atoms with Crippen molar-refractivity contribution in [3.63, 3.8) is 0 Å². The van der Waals surface area contributed by atoms with Crippen molar-refractivity contribution in [1.29, 1.82) is 0 Å². The van der Waals surface area contributed by atoms with Gasteiger partial charge >= 0.3 is 0 Å². The summed E-state index contributed by atoms with van der Waals surface area (Å²) in [6, 6.07) is 9.02. The van der Waals surface area contributed by atoms with Gasteiger partial charge in [-0.05, 0) is 39.7 Å². The van der Waals surface area contributed by atoms with Crippen molar-refractivity contribution in [2.24, 2.45) is 0 Å². The van der Waals surface area contributed by atoms with Crippen LogP contribution in [0.4, 0.5) is 5.69 Å². The number of aryl methyl sites for hydroxylation is 1. The van der Waals surface area contributed by atoms with Crippen molar-refractivity contribution in [1.82, 2.24) is 4.48 Å². The number of nitrogens with zero attached hydrogens (tertiary/aromatic N) is 1. The minimum absolute atomic E-state index is 1.16. The second kappa shape index (κ2) is 16.0.